The molecule has 0 fully saturated rings. The molecule has 0 spiro atoms. The Labute approximate surface area is 215 Å². The molecule has 1 aromatic carbocycles. The van der Waals surface area contributed by atoms with Gasteiger partial charge in [-0.3, -0.25) is 14.4 Å². The molecule has 0 radical (unpaired) electrons. The number of carbonyl (C=O) groups excluding carboxylic acids is 3. The maximum atomic E-state index is 13.2. The SMILES string of the molecule is CSCCC(NC(=O)C(NC(=O)C(Cc1ccc(O)cc1)NC(=O)C(N)CC(C)C)C(C)O)C(=O)O. The van der Waals surface area contributed by atoms with E-state index in [-0.39, 0.29) is 24.5 Å². The number of aliphatic hydroxyl groups is 1. The van der Waals surface area contributed by atoms with Crippen molar-refractivity contribution in [1.29, 1.82) is 0 Å². The first-order valence-electron chi connectivity index (χ1n) is 11.7. The van der Waals surface area contributed by atoms with Crippen LogP contribution >= 0.6 is 11.8 Å². The zero-order valence-corrected chi connectivity index (χ0v) is 21.9. The fourth-order valence-corrected chi connectivity index (χ4v) is 3.86. The summed E-state index contributed by atoms with van der Waals surface area (Å²) in [5, 5.41) is 36.5. The van der Waals surface area contributed by atoms with Gasteiger partial charge in [0, 0.05) is 6.42 Å². The van der Waals surface area contributed by atoms with E-state index in [0.717, 1.165) is 0 Å². The Hall–Kier alpha value is -2.83. The number of aliphatic carboxylic acids is 1. The number of amides is 3. The van der Waals surface area contributed by atoms with Crippen molar-refractivity contribution in [1.82, 2.24) is 16.0 Å². The van der Waals surface area contributed by atoms with Gasteiger partial charge in [-0.2, -0.15) is 11.8 Å². The van der Waals surface area contributed by atoms with E-state index in [4.69, 9.17) is 5.73 Å². The lowest BCUT2D eigenvalue weighted by Gasteiger charge is -2.27. The van der Waals surface area contributed by atoms with Crippen molar-refractivity contribution in [2.75, 3.05) is 12.0 Å². The molecule has 8 N–H and O–H groups in total. The summed E-state index contributed by atoms with van der Waals surface area (Å²) < 4.78 is 0. The Balaban J connectivity index is 3.08. The molecular formula is C24H38N4O7S. The number of nitrogens with one attached hydrogen (secondary N) is 3. The van der Waals surface area contributed by atoms with Gasteiger partial charge < -0.3 is 37.0 Å². The van der Waals surface area contributed by atoms with Gasteiger partial charge in [0.1, 0.15) is 23.9 Å². The van der Waals surface area contributed by atoms with Gasteiger partial charge >= 0.3 is 5.97 Å². The molecule has 202 valence electrons. The number of thioether (sulfide) groups is 1. The maximum absolute atomic E-state index is 13.2. The normalized spacial score (nSPS) is 15.3. The molecule has 0 aliphatic heterocycles. The van der Waals surface area contributed by atoms with E-state index < -0.39 is 54.0 Å². The highest BCUT2D eigenvalue weighted by atomic mass is 32.2. The topological polar surface area (TPSA) is 191 Å². The zero-order chi connectivity index (χ0) is 27.4. The van der Waals surface area contributed by atoms with Crippen LogP contribution in [0.5, 0.6) is 5.75 Å². The Morgan fingerprint density at radius 3 is 2.03 bits per heavy atom. The zero-order valence-electron chi connectivity index (χ0n) is 21.1. The van der Waals surface area contributed by atoms with E-state index in [0.29, 0.717) is 17.7 Å². The molecule has 5 atom stereocenters. The number of nitrogens with two attached hydrogens (primary N) is 1. The average molecular weight is 527 g/mol. The molecule has 11 nitrogen and oxygen atoms in total. The fraction of sp³-hybridized carbons (Fsp3) is 0.583. The Morgan fingerprint density at radius 1 is 0.944 bits per heavy atom. The van der Waals surface area contributed by atoms with E-state index in [1.165, 1.54) is 30.8 Å². The molecule has 0 aliphatic carbocycles. The van der Waals surface area contributed by atoms with Crippen LogP contribution in [0.25, 0.3) is 0 Å². The summed E-state index contributed by atoms with van der Waals surface area (Å²) in [4.78, 5) is 50.1. The van der Waals surface area contributed by atoms with Crippen molar-refractivity contribution in [2.24, 2.45) is 11.7 Å². The van der Waals surface area contributed by atoms with Crippen LogP contribution in [-0.2, 0) is 25.6 Å². The molecule has 0 aliphatic rings. The molecule has 1 aromatic rings. The van der Waals surface area contributed by atoms with Gasteiger partial charge in [0.05, 0.1) is 12.1 Å². The lowest BCUT2D eigenvalue weighted by atomic mass is 10.0. The average Bonchev–Trinajstić information content (AvgIpc) is 2.79. The lowest BCUT2D eigenvalue weighted by Crippen LogP contribution is -2.60. The summed E-state index contributed by atoms with van der Waals surface area (Å²) in [6, 6.07) is 1.37. The second-order valence-electron chi connectivity index (χ2n) is 9.08. The summed E-state index contributed by atoms with van der Waals surface area (Å²) >= 11 is 1.42. The second kappa shape index (κ2) is 15.3. The molecule has 12 heteroatoms. The fourth-order valence-electron chi connectivity index (χ4n) is 3.38. The molecule has 36 heavy (non-hydrogen) atoms. The smallest absolute Gasteiger partial charge is 0.326 e. The van der Waals surface area contributed by atoms with Crippen molar-refractivity contribution in [3.8, 4) is 5.75 Å². The number of aliphatic hydroxyl groups excluding tert-OH is 1. The third-order valence-corrected chi connectivity index (χ3v) is 6.00. The second-order valence-corrected chi connectivity index (χ2v) is 10.1. The summed E-state index contributed by atoms with van der Waals surface area (Å²) in [7, 11) is 0. The molecule has 0 saturated heterocycles. The predicted octanol–water partition coefficient (Wildman–Crippen LogP) is -0.0190. The first-order chi connectivity index (χ1) is 16.8. The van der Waals surface area contributed by atoms with Crippen LogP contribution in [-0.4, -0.2) is 81.3 Å². The van der Waals surface area contributed by atoms with Crippen molar-refractivity contribution in [3.05, 3.63) is 29.8 Å². The van der Waals surface area contributed by atoms with Crippen LogP contribution in [0.1, 0.15) is 39.2 Å². The number of phenolic OH excluding ortho intramolecular Hbond substituents is 1. The van der Waals surface area contributed by atoms with Crippen LogP contribution in [0.2, 0.25) is 0 Å². The van der Waals surface area contributed by atoms with Crippen LogP contribution < -0.4 is 21.7 Å². The Bertz CT molecular complexity index is 880. The quantitative estimate of drug-likeness (QED) is 0.165. The molecule has 5 unspecified atom stereocenters. The van der Waals surface area contributed by atoms with Gasteiger partial charge in [-0.25, -0.2) is 4.79 Å². The molecular weight excluding hydrogens is 488 g/mol. The summed E-state index contributed by atoms with van der Waals surface area (Å²) in [5.74, 6) is -2.74. The number of carbonyl (C=O) groups is 4. The number of aromatic hydroxyl groups is 1. The maximum Gasteiger partial charge on any atom is 0.326 e. The minimum Gasteiger partial charge on any atom is -0.508 e. The van der Waals surface area contributed by atoms with Crippen molar-refractivity contribution in [3.63, 3.8) is 0 Å². The van der Waals surface area contributed by atoms with Crippen molar-refractivity contribution < 1.29 is 34.5 Å². The molecule has 0 heterocycles. The minimum absolute atomic E-state index is 0.0197. The van der Waals surface area contributed by atoms with Gasteiger partial charge in [0.2, 0.25) is 17.7 Å². The van der Waals surface area contributed by atoms with Gasteiger partial charge in [-0.15, -0.1) is 0 Å². The highest BCUT2D eigenvalue weighted by Gasteiger charge is 2.32. The molecule has 3 amide bonds. The first-order valence-corrected chi connectivity index (χ1v) is 13.1. The molecule has 0 aromatic heterocycles. The van der Waals surface area contributed by atoms with Gasteiger partial charge in [-0.05, 0) is 55.4 Å². The third kappa shape index (κ3) is 10.8. The van der Waals surface area contributed by atoms with Gasteiger partial charge in [-0.1, -0.05) is 26.0 Å². The Morgan fingerprint density at radius 2 is 1.53 bits per heavy atom. The number of hydrogen-bond acceptors (Lipinski definition) is 8. The number of phenols is 1. The highest BCUT2D eigenvalue weighted by Crippen LogP contribution is 2.12. The van der Waals surface area contributed by atoms with Crippen LogP contribution in [0.3, 0.4) is 0 Å². The van der Waals surface area contributed by atoms with Crippen molar-refractivity contribution in [2.45, 2.75) is 70.3 Å². The van der Waals surface area contributed by atoms with E-state index >= 15 is 0 Å². The highest BCUT2D eigenvalue weighted by molar-refractivity contribution is 7.98. The largest absolute Gasteiger partial charge is 0.508 e. The van der Waals surface area contributed by atoms with Crippen LogP contribution in [0, 0.1) is 5.92 Å². The van der Waals surface area contributed by atoms with E-state index in [2.05, 4.69) is 16.0 Å². The minimum atomic E-state index is -1.46. The number of rotatable bonds is 15. The standard InChI is InChI=1S/C24H38N4O7S/c1-13(2)11-17(25)21(31)27-19(12-15-5-7-16(30)8-6-15)22(32)28-20(14(3)29)23(33)26-18(24(34)35)9-10-36-4/h5-8,13-14,17-20,29-30H,9-12,25H2,1-4H3,(H,26,33)(H,27,31)(H,28,32)(H,34,35). The summed E-state index contributed by atoms with van der Waals surface area (Å²) in [5.41, 5.74) is 6.58. The first kappa shape index (κ1) is 31.2. The molecule has 1 rings (SSSR count). The third-order valence-electron chi connectivity index (χ3n) is 5.36. The summed E-state index contributed by atoms with van der Waals surface area (Å²) in [6.07, 6.45) is 1.03. The van der Waals surface area contributed by atoms with E-state index in [1.54, 1.807) is 18.4 Å². The number of hydrogen-bond donors (Lipinski definition) is 7. The molecule has 0 bridgehead atoms. The van der Waals surface area contributed by atoms with Crippen LogP contribution in [0.15, 0.2) is 24.3 Å². The molecule has 0 saturated carbocycles. The van der Waals surface area contributed by atoms with Crippen molar-refractivity contribution >= 4 is 35.5 Å². The number of carboxylic acid groups (broad SMARTS) is 1. The van der Waals surface area contributed by atoms with E-state index in [9.17, 15) is 34.5 Å². The lowest BCUT2D eigenvalue weighted by molar-refractivity contribution is -0.143. The van der Waals surface area contributed by atoms with Gasteiger partial charge in [0.25, 0.3) is 0 Å². The van der Waals surface area contributed by atoms with Crippen LogP contribution in [0.4, 0.5) is 0 Å². The summed E-state index contributed by atoms with van der Waals surface area (Å²) in [6.45, 7) is 5.10. The van der Waals surface area contributed by atoms with Gasteiger partial charge in [0.15, 0.2) is 0 Å². The Kier molecular flexibility index (Phi) is 13.3. The number of benzene rings is 1. The monoisotopic (exact) mass is 526 g/mol. The number of carboxylic acids is 1. The van der Waals surface area contributed by atoms with E-state index in [1.807, 2.05) is 13.8 Å². The predicted molar refractivity (Wildman–Crippen MR) is 137 cm³/mol.